The number of aromatic nitrogens is 3. The summed E-state index contributed by atoms with van der Waals surface area (Å²) in [5, 5.41) is 2.84. The molecule has 14 heavy (non-hydrogen) atoms. The number of nitrogens with one attached hydrogen (secondary N) is 1. The molecule has 0 saturated heterocycles. The van der Waals surface area contributed by atoms with Crippen LogP contribution in [-0.4, -0.2) is 15.0 Å². The number of halogens is 1. The largest absolute Gasteiger partial charge is 0.324 e. The number of hydrogen-bond acceptors (Lipinski definition) is 4. The number of rotatable bonds is 2. The van der Waals surface area contributed by atoms with Crippen molar-refractivity contribution in [2.45, 2.75) is 0 Å². The summed E-state index contributed by atoms with van der Waals surface area (Å²) in [7, 11) is 0. The molecule has 4 nitrogen and oxygen atoms in total. The van der Waals surface area contributed by atoms with Gasteiger partial charge in [0.15, 0.2) is 0 Å². The monoisotopic (exact) mass is 190 g/mol. The quantitative estimate of drug-likeness (QED) is 0.783. The summed E-state index contributed by atoms with van der Waals surface area (Å²) >= 11 is 0. The molecule has 2 aromatic rings. The second-order valence-corrected chi connectivity index (χ2v) is 2.57. The number of anilines is 2. The average molecular weight is 190 g/mol. The molecule has 0 bridgehead atoms. The second kappa shape index (κ2) is 3.78. The Balaban J connectivity index is 2.19. The van der Waals surface area contributed by atoms with Crippen molar-refractivity contribution in [1.29, 1.82) is 0 Å². The van der Waals surface area contributed by atoms with Gasteiger partial charge >= 0.3 is 6.08 Å². The molecule has 0 aliphatic rings. The molecule has 1 aromatic carbocycles. The molecule has 0 unspecified atom stereocenters. The van der Waals surface area contributed by atoms with Crippen molar-refractivity contribution in [1.82, 2.24) is 15.0 Å². The molecular formula is C9H7FN4. The molecule has 0 atom stereocenters. The molecule has 0 aliphatic heterocycles. The highest BCUT2D eigenvalue weighted by atomic mass is 19.1. The van der Waals surface area contributed by atoms with Gasteiger partial charge in [-0.2, -0.15) is 14.4 Å². The van der Waals surface area contributed by atoms with Gasteiger partial charge in [0.1, 0.15) is 6.33 Å². The van der Waals surface area contributed by atoms with Crippen LogP contribution in [0.3, 0.4) is 0 Å². The molecule has 1 heterocycles. The Morgan fingerprint density at radius 2 is 1.86 bits per heavy atom. The number of nitrogens with zero attached hydrogens (tertiary/aromatic N) is 3. The van der Waals surface area contributed by atoms with Crippen LogP contribution in [0, 0.1) is 6.08 Å². The second-order valence-electron chi connectivity index (χ2n) is 2.57. The minimum absolute atomic E-state index is 0.198. The molecular weight excluding hydrogens is 183 g/mol. The van der Waals surface area contributed by atoms with Gasteiger partial charge < -0.3 is 5.32 Å². The Hall–Kier alpha value is -2.04. The molecule has 0 aliphatic carbocycles. The first kappa shape index (κ1) is 8.55. The third kappa shape index (κ3) is 2.01. The fourth-order valence-corrected chi connectivity index (χ4v) is 0.987. The predicted octanol–water partition coefficient (Wildman–Crippen LogP) is 1.75. The molecule has 70 valence electrons. The van der Waals surface area contributed by atoms with Crippen LogP contribution in [0.15, 0.2) is 36.7 Å². The Labute approximate surface area is 79.9 Å². The van der Waals surface area contributed by atoms with Crippen LogP contribution in [0.4, 0.5) is 16.0 Å². The molecule has 5 heteroatoms. The van der Waals surface area contributed by atoms with Gasteiger partial charge in [0.05, 0.1) is 0 Å². The summed E-state index contributed by atoms with van der Waals surface area (Å²) in [6.07, 6.45) is 0.326. The third-order valence-electron chi connectivity index (χ3n) is 1.57. The average Bonchev–Trinajstić information content (AvgIpc) is 2.19. The van der Waals surface area contributed by atoms with Crippen molar-refractivity contribution in [2.75, 3.05) is 5.32 Å². The standard InChI is InChI=1S/C9H7FN4/c10-8-11-6-12-9(14-8)13-7-4-2-1-3-5-7/h1-6H,(H,11,12,13,14). The zero-order valence-electron chi connectivity index (χ0n) is 7.18. The fraction of sp³-hybridized carbons (Fsp3) is 0. The highest BCUT2D eigenvalue weighted by molar-refractivity contribution is 5.51. The summed E-state index contributed by atoms with van der Waals surface area (Å²) in [5.74, 6) is 0.198. The van der Waals surface area contributed by atoms with E-state index in [1.807, 2.05) is 30.3 Å². The lowest BCUT2D eigenvalue weighted by atomic mass is 10.3. The van der Waals surface area contributed by atoms with Crippen LogP contribution in [-0.2, 0) is 0 Å². The lowest BCUT2D eigenvalue weighted by Gasteiger charge is -2.02. The van der Waals surface area contributed by atoms with Crippen molar-refractivity contribution in [3.05, 3.63) is 42.7 Å². The summed E-state index contributed by atoms with van der Waals surface area (Å²) < 4.78 is 12.6. The first-order valence-electron chi connectivity index (χ1n) is 4.01. The lowest BCUT2D eigenvalue weighted by Crippen LogP contribution is -1.99. The van der Waals surface area contributed by atoms with Gasteiger partial charge in [-0.25, -0.2) is 4.98 Å². The van der Waals surface area contributed by atoms with Gasteiger partial charge in [-0.15, -0.1) is 0 Å². The van der Waals surface area contributed by atoms with Crippen molar-refractivity contribution in [3.63, 3.8) is 0 Å². The van der Waals surface area contributed by atoms with Crippen LogP contribution >= 0.6 is 0 Å². The number of benzene rings is 1. The van der Waals surface area contributed by atoms with Crippen LogP contribution < -0.4 is 5.32 Å². The maximum Gasteiger partial charge on any atom is 0.313 e. The van der Waals surface area contributed by atoms with E-state index in [0.29, 0.717) is 0 Å². The first-order chi connectivity index (χ1) is 6.84. The van der Waals surface area contributed by atoms with Crippen molar-refractivity contribution < 1.29 is 4.39 Å². The van der Waals surface area contributed by atoms with E-state index in [1.54, 1.807) is 0 Å². The van der Waals surface area contributed by atoms with Crippen LogP contribution in [0.2, 0.25) is 0 Å². The Kier molecular flexibility index (Phi) is 2.31. The smallest absolute Gasteiger partial charge is 0.313 e. The zero-order valence-corrected chi connectivity index (χ0v) is 7.18. The SMILES string of the molecule is Fc1ncnc(Nc2ccccc2)n1. The van der Waals surface area contributed by atoms with E-state index in [1.165, 1.54) is 0 Å². The fourth-order valence-electron chi connectivity index (χ4n) is 0.987. The summed E-state index contributed by atoms with van der Waals surface area (Å²) in [6, 6.07) is 9.28. The molecule has 0 amide bonds. The number of para-hydroxylation sites is 1. The van der Waals surface area contributed by atoms with E-state index in [4.69, 9.17) is 0 Å². The molecule has 2 rings (SSSR count). The highest BCUT2D eigenvalue weighted by Gasteiger charge is 1.98. The Morgan fingerprint density at radius 3 is 2.57 bits per heavy atom. The molecule has 1 N–H and O–H groups in total. The van der Waals surface area contributed by atoms with Gasteiger partial charge in [0, 0.05) is 5.69 Å². The van der Waals surface area contributed by atoms with E-state index in [-0.39, 0.29) is 5.95 Å². The molecule has 0 spiro atoms. The summed E-state index contributed by atoms with van der Waals surface area (Å²) in [5.41, 5.74) is 0.804. The van der Waals surface area contributed by atoms with Gasteiger partial charge in [0.2, 0.25) is 5.95 Å². The van der Waals surface area contributed by atoms with Crippen molar-refractivity contribution in [2.24, 2.45) is 0 Å². The zero-order chi connectivity index (χ0) is 9.80. The van der Waals surface area contributed by atoms with E-state index >= 15 is 0 Å². The molecule has 0 saturated carbocycles. The normalized spacial score (nSPS) is 9.79. The minimum Gasteiger partial charge on any atom is -0.324 e. The molecule has 0 radical (unpaired) electrons. The summed E-state index contributed by atoms with van der Waals surface area (Å²) in [4.78, 5) is 10.5. The van der Waals surface area contributed by atoms with Gasteiger partial charge in [-0.1, -0.05) is 18.2 Å². The lowest BCUT2D eigenvalue weighted by molar-refractivity contribution is 0.534. The molecule has 0 fully saturated rings. The van der Waals surface area contributed by atoms with Gasteiger partial charge in [-0.3, -0.25) is 0 Å². The predicted molar refractivity (Wildman–Crippen MR) is 49.5 cm³/mol. The van der Waals surface area contributed by atoms with Crippen LogP contribution in [0.5, 0.6) is 0 Å². The van der Waals surface area contributed by atoms with E-state index < -0.39 is 6.08 Å². The Morgan fingerprint density at radius 1 is 1.07 bits per heavy atom. The van der Waals surface area contributed by atoms with Crippen LogP contribution in [0.25, 0.3) is 0 Å². The van der Waals surface area contributed by atoms with Crippen molar-refractivity contribution >= 4 is 11.6 Å². The maximum absolute atomic E-state index is 12.6. The van der Waals surface area contributed by atoms with E-state index in [0.717, 1.165) is 12.0 Å². The van der Waals surface area contributed by atoms with Gasteiger partial charge in [0.25, 0.3) is 0 Å². The first-order valence-corrected chi connectivity index (χ1v) is 4.01. The van der Waals surface area contributed by atoms with Crippen molar-refractivity contribution in [3.8, 4) is 0 Å². The third-order valence-corrected chi connectivity index (χ3v) is 1.57. The number of hydrogen-bond donors (Lipinski definition) is 1. The minimum atomic E-state index is -0.793. The van der Waals surface area contributed by atoms with E-state index in [2.05, 4.69) is 20.3 Å². The summed E-state index contributed by atoms with van der Waals surface area (Å²) in [6.45, 7) is 0. The highest BCUT2D eigenvalue weighted by Crippen LogP contribution is 2.10. The Bertz CT molecular complexity index is 418. The topological polar surface area (TPSA) is 50.7 Å². The maximum atomic E-state index is 12.6. The van der Waals surface area contributed by atoms with E-state index in [9.17, 15) is 4.39 Å². The van der Waals surface area contributed by atoms with Crippen LogP contribution in [0.1, 0.15) is 0 Å². The molecule has 1 aromatic heterocycles. The van der Waals surface area contributed by atoms with Gasteiger partial charge in [-0.05, 0) is 12.1 Å².